The molecule has 0 atom stereocenters. The molecule has 0 fully saturated rings. The van der Waals surface area contributed by atoms with Crippen LogP contribution in [0.2, 0.25) is 0 Å². The van der Waals surface area contributed by atoms with E-state index in [9.17, 15) is 4.79 Å². The minimum Gasteiger partial charge on any atom is -0.497 e. The Bertz CT molecular complexity index is 897. The molecule has 0 aliphatic rings. The van der Waals surface area contributed by atoms with Crippen molar-refractivity contribution in [3.8, 4) is 17.2 Å². The molecule has 2 aromatic carbocycles. The van der Waals surface area contributed by atoms with Gasteiger partial charge in [0, 0.05) is 11.6 Å². The molecular weight excluding hydrogens is 392 g/mol. The zero-order valence-electron chi connectivity index (χ0n) is 19.6. The molecule has 0 radical (unpaired) electrons. The average Bonchev–Trinajstić information content (AvgIpc) is 2.71. The van der Waals surface area contributed by atoms with Crippen molar-refractivity contribution < 1.29 is 19.0 Å². The Morgan fingerprint density at radius 2 is 1.61 bits per heavy atom. The number of nitrogens with zero attached hydrogens (tertiary/aromatic N) is 1. The second kappa shape index (κ2) is 10.3. The van der Waals surface area contributed by atoms with Crippen LogP contribution in [0.25, 0.3) is 0 Å². The van der Waals surface area contributed by atoms with E-state index in [2.05, 4.69) is 57.3 Å². The van der Waals surface area contributed by atoms with Gasteiger partial charge in [0.1, 0.15) is 17.2 Å². The van der Waals surface area contributed by atoms with Gasteiger partial charge in [0.15, 0.2) is 6.61 Å². The monoisotopic (exact) mass is 426 g/mol. The fourth-order valence-corrected chi connectivity index (χ4v) is 3.71. The van der Waals surface area contributed by atoms with Crippen LogP contribution >= 0.6 is 0 Å². The van der Waals surface area contributed by atoms with Crippen LogP contribution in [-0.4, -0.2) is 32.9 Å². The molecule has 168 valence electrons. The fourth-order valence-electron chi connectivity index (χ4n) is 3.71. The highest BCUT2D eigenvalue weighted by Gasteiger charge is 2.27. The van der Waals surface area contributed by atoms with E-state index in [1.807, 2.05) is 12.1 Å². The molecule has 0 saturated carbocycles. The molecule has 1 N–H and O–H groups in total. The quantitative estimate of drug-likeness (QED) is 0.455. The number of ether oxygens (including phenoxy) is 3. The van der Waals surface area contributed by atoms with E-state index >= 15 is 0 Å². The van der Waals surface area contributed by atoms with Gasteiger partial charge in [-0.05, 0) is 47.1 Å². The van der Waals surface area contributed by atoms with E-state index < -0.39 is 0 Å². The van der Waals surface area contributed by atoms with Gasteiger partial charge in [-0.3, -0.25) is 4.79 Å². The van der Waals surface area contributed by atoms with Crippen molar-refractivity contribution in [1.82, 2.24) is 5.43 Å². The summed E-state index contributed by atoms with van der Waals surface area (Å²) in [7, 11) is 3.15. The molecule has 2 rings (SSSR count). The third-order valence-corrected chi connectivity index (χ3v) is 4.81. The summed E-state index contributed by atoms with van der Waals surface area (Å²) in [6, 6.07) is 13.3. The molecule has 0 spiro atoms. The SMILES string of the molecule is COc1ccc(/C=N\NC(=O)COc2ccc(C(C)(C)CC(C)(C)C)cc2)c(OC)c1. The molecule has 0 aliphatic heterocycles. The molecule has 31 heavy (non-hydrogen) atoms. The number of hydrazone groups is 1. The smallest absolute Gasteiger partial charge is 0.277 e. The Kier molecular flexibility index (Phi) is 8.08. The van der Waals surface area contributed by atoms with Gasteiger partial charge in [0.05, 0.1) is 20.4 Å². The molecule has 0 saturated heterocycles. The number of hydrogen-bond acceptors (Lipinski definition) is 5. The molecule has 1 amide bonds. The van der Waals surface area contributed by atoms with Crippen molar-refractivity contribution in [3.05, 3.63) is 53.6 Å². The number of hydrogen-bond donors (Lipinski definition) is 1. The number of nitrogens with one attached hydrogen (secondary N) is 1. The largest absolute Gasteiger partial charge is 0.497 e. The zero-order chi connectivity index (χ0) is 23.1. The van der Waals surface area contributed by atoms with Crippen LogP contribution in [0.3, 0.4) is 0 Å². The van der Waals surface area contributed by atoms with Crippen LogP contribution in [0.4, 0.5) is 0 Å². The van der Waals surface area contributed by atoms with Crippen LogP contribution in [-0.2, 0) is 10.2 Å². The third-order valence-electron chi connectivity index (χ3n) is 4.81. The summed E-state index contributed by atoms with van der Waals surface area (Å²) in [5.74, 6) is 1.58. The Labute approximate surface area is 185 Å². The molecule has 0 aliphatic carbocycles. The molecule has 0 unspecified atom stereocenters. The number of carbonyl (C=O) groups excluding carboxylic acids is 1. The highest BCUT2D eigenvalue weighted by Crippen LogP contribution is 2.36. The second-order valence-electron chi connectivity index (χ2n) is 9.34. The van der Waals surface area contributed by atoms with Crippen molar-refractivity contribution in [2.24, 2.45) is 10.5 Å². The number of methoxy groups -OCH3 is 2. The highest BCUT2D eigenvalue weighted by molar-refractivity contribution is 5.85. The minimum atomic E-state index is -0.346. The van der Waals surface area contributed by atoms with Crippen LogP contribution in [0, 0.1) is 5.41 Å². The molecule has 0 aromatic heterocycles. The van der Waals surface area contributed by atoms with Gasteiger partial charge in [-0.2, -0.15) is 5.10 Å². The maximum Gasteiger partial charge on any atom is 0.277 e. The van der Waals surface area contributed by atoms with E-state index in [0.29, 0.717) is 17.2 Å². The summed E-state index contributed by atoms with van der Waals surface area (Å²) < 4.78 is 16.1. The number of amides is 1. The van der Waals surface area contributed by atoms with Crippen molar-refractivity contribution >= 4 is 12.1 Å². The summed E-state index contributed by atoms with van der Waals surface area (Å²) in [6.45, 7) is 11.1. The molecule has 6 nitrogen and oxygen atoms in total. The van der Waals surface area contributed by atoms with E-state index in [-0.39, 0.29) is 23.3 Å². The predicted molar refractivity (Wildman–Crippen MR) is 124 cm³/mol. The summed E-state index contributed by atoms with van der Waals surface area (Å²) in [4.78, 5) is 12.0. The summed E-state index contributed by atoms with van der Waals surface area (Å²) in [6.07, 6.45) is 2.59. The lowest BCUT2D eigenvalue weighted by Gasteiger charge is -2.33. The maximum absolute atomic E-state index is 12.0. The van der Waals surface area contributed by atoms with E-state index in [1.165, 1.54) is 11.8 Å². The number of rotatable bonds is 9. The molecule has 2 aromatic rings. The van der Waals surface area contributed by atoms with Gasteiger partial charge in [0.25, 0.3) is 5.91 Å². The Morgan fingerprint density at radius 1 is 0.968 bits per heavy atom. The van der Waals surface area contributed by atoms with Crippen LogP contribution in [0.1, 0.15) is 52.2 Å². The lowest BCUT2D eigenvalue weighted by Crippen LogP contribution is -2.25. The van der Waals surface area contributed by atoms with E-state index in [4.69, 9.17) is 14.2 Å². The summed E-state index contributed by atoms with van der Waals surface area (Å²) >= 11 is 0. The van der Waals surface area contributed by atoms with Crippen molar-refractivity contribution in [2.45, 2.75) is 46.5 Å². The summed E-state index contributed by atoms with van der Waals surface area (Å²) in [5.41, 5.74) is 4.73. The van der Waals surface area contributed by atoms with Gasteiger partial charge in [0.2, 0.25) is 0 Å². The molecule has 0 bridgehead atoms. The molecule has 0 heterocycles. The Morgan fingerprint density at radius 3 is 2.19 bits per heavy atom. The predicted octanol–water partition coefficient (Wildman–Crippen LogP) is 4.95. The van der Waals surface area contributed by atoms with Crippen molar-refractivity contribution in [3.63, 3.8) is 0 Å². The zero-order valence-corrected chi connectivity index (χ0v) is 19.6. The number of benzene rings is 2. The first kappa shape index (κ1) is 24.3. The Hall–Kier alpha value is -3.02. The molecular formula is C25H34N2O4. The number of carbonyl (C=O) groups is 1. The summed E-state index contributed by atoms with van der Waals surface area (Å²) in [5, 5.41) is 3.97. The van der Waals surface area contributed by atoms with Gasteiger partial charge in [-0.25, -0.2) is 5.43 Å². The lowest BCUT2D eigenvalue weighted by atomic mass is 9.72. The average molecular weight is 427 g/mol. The van der Waals surface area contributed by atoms with Crippen LogP contribution in [0.15, 0.2) is 47.6 Å². The van der Waals surface area contributed by atoms with Crippen molar-refractivity contribution in [2.75, 3.05) is 20.8 Å². The fraction of sp³-hybridized carbons (Fsp3) is 0.440. The third kappa shape index (κ3) is 7.63. The first-order valence-electron chi connectivity index (χ1n) is 10.3. The van der Waals surface area contributed by atoms with Gasteiger partial charge in [-0.15, -0.1) is 0 Å². The highest BCUT2D eigenvalue weighted by atomic mass is 16.5. The van der Waals surface area contributed by atoms with Crippen LogP contribution < -0.4 is 19.6 Å². The van der Waals surface area contributed by atoms with Gasteiger partial charge < -0.3 is 14.2 Å². The van der Waals surface area contributed by atoms with Crippen molar-refractivity contribution in [1.29, 1.82) is 0 Å². The maximum atomic E-state index is 12.0. The second-order valence-corrected chi connectivity index (χ2v) is 9.34. The minimum absolute atomic E-state index is 0.0609. The first-order valence-corrected chi connectivity index (χ1v) is 10.3. The normalized spacial score (nSPS) is 12.0. The molecule has 6 heteroatoms. The van der Waals surface area contributed by atoms with Crippen LogP contribution in [0.5, 0.6) is 17.2 Å². The van der Waals surface area contributed by atoms with Gasteiger partial charge in [-0.1, -0.05) is 46.8 Å². The standard InChI is InChI=1S/C25H34N2O4/c1-24(2,3)17-25(4,5)19-9-12-20(13-10-19)31-16-23(28)27-26-15-18-8-11-21(29-6)14-22(18)30-7/h8-15H,16-17H2,1-7H3,(H,27,28)/b26-15-. The van der Waals surface area contributed by atoms with Gasteiger partial charge >= 0.3 is 0 Å². The van der Waals surface area contributed by atoms with E-state index in [0.717, 1.165) is 12.0 Å². The first-order chi connectivity index (χ1) is 14.5. The van der Waals surface area contributed by atoms with E-state index in [1.54, 1.807) is 32.4 Å². The Balaban J connectivity index is 1.88. The topological polar surface area (TPSA) is 69.2 Å². The lowest BCUT2D eigenvalue weighted by molar-refractivity contribution is -0.123.